The molecule has 1 aromatic carbocycles. The van der Waals surface area contributed by atoms with Crippen molar-refractivity contribution in [2.75, 3.05) is 0 Å². The summed E-state index contributed by atoms with van der Waals surface area (Å²) in [4.78, 5) is 51.0. The van der Waals surface area contributed by atoms with E-state index in [4.69, 9.17) is 5.73 Å². The van der Waals surface area contributed by atoms with Crippen LogP contribution in [-0.2, 0) is 25.6 Å². The van der Waals surface area contributed by atoms with Crippen LogP contribution in [0.4, 0.5) is 0 Å². The second-order valence-electron chi connectivity index (χ2n) is 9.75. The predicted molar refractivity (Wildman–Crippen MR) is 140 cm³/mol. The Hall–Kier alpha value is -2.94. The first-order valence-electron chi connectivity index (χ1n) is 12.9. The average molecular weight is 505 g/mol. The maximum atomic E-state index is 13.3. The molecule has 3 amide bonds. The number of carboxylic acids is 1. The average Bonchev–Trinajstić information content (AvgIpc) is 2.87. The lowest BCUT2D eigenvalue weighted by molar-refractivity contribution is -0.144. The van der Waals surface area contributed by atoms with Crippen molar-refractivity contribution in [1.29, 1.82) is 0 Å². The standard InChI is InChI=1S/C27H44N4O5/c1-7-16(4)21(29-24(32)20(28)15-19-13-11-10-12-14-19)25(33)30-22(17(5)8-2)26(34)31-23(27(35)36)18(6)9-3/h10-14,16-18,20-23H,7-9,15,28H2,1-6H3,(H,29,32)(H,30,33)(H,31,34)(H,35,36). The Bertz CT molecular complexity index is 863. The van der Waals surface area contributed by atoms with Gasteiger partial charge in [0.2, 0.25) is 17.7 Å². The minimum absolute atomic E-state index is 0.217. The van der Waals surface area contributed by atoms with Gasteiger partial charge in [-0.15, -0.1) is 0 Å². The number of rotatable bonds is 15. The van der Waals surface area contributed by atoms with E-state index in [-0.39, 0.29) is 17.8 Å². The number of carbonyl (C=O) groups excluding carboxylic acids is 3. The Morgan fingerprint density at radius 2 is 1.11 bits per heavy atom. The number of nitrogens with two attached hydrogens (primary N) is 1. The van der Waals surface area contributed by atoms with Gasteiger partial charge in [-0.3, -0.25) is 14.4 Å². The summed E-state index contributed by atoms with van der Waals surface area (Å²) in [5.41, 5.74) is 7.03. The topological polar surface area (TPSA) is 151 Å². The summed E-state index contributed by atoms with van der Waals surface area (Å²) in [7, 11) is 0. The Kier molecular flexibility index (Phi) is 13.2. The van der Waals surface area contributed by atoms with Gasteiger partial charge < -0.3 is 26.8 Å². The van der Waals surface area contributed by atoms with Crippen LogP contribution in [0, 0.1) is 17.8 Å². The van der Waals surface area contributed by atoms with Gasteiger partial charge in [0, 0.05) is 0 Å². The molecule has 7 atom stereocenters. The quantitative estimate of drug-likeness (QED) is 0.247. The summed E-state index contributed by atoms with van der Waals surface area (Å²) in [5, 5.41) is 17.7. The molecule has 0 aliphatic carbocycles. The SMILES string of the molecule is CCC(C)C(NC(=O)C(NC(=O)C(NC(=O)C(N)Cc1ccccc1)C(C)CC)C(C)CC)C(=O)O. The van der Waals surface area contributed by atoms with Crippen molar-refractivity contribution in [3.8, 4) is 0 Å². The lowest BCUT2D eigenvalue weighted by atomic mass is 9.93. The highest BCUT2D eigenvalue weighted by atomic mass is 16.4. The summed E-state index contributed by atoms with van der Waals surface area (Å²) in [6.45, 7) is 11.1. The fourth-order valence-electron chi connectivity index (χ4n) is 3.79. The number of amides is 3. The van der Waals surface area contributed by atoms with E-state index >= 15 is 0 Å². The van der Waals surface area contributed by atoms with Crippen LogP contribution in [0.3, 0.4) is 0 Å². The molecule has 7 unspecified atom stereocenters. The molecule has 0 aromatic heterocycles. The van der Waals surface area contributed by atoms with Crippen molar-refractivity contribution in [3.05, 3.63) is 35.9 Å². The third-order valence-corrected chi connectivity index (χ3v) is 7.00. The van der Waals surface area contributed by atoms with Gasteiger partial charge in [-0.05, 0) is 29.7 Å². The second-order valence-corrected chi connectivity index (χ2v) is 9.75. The number of aliphatic carboxylic acids is 1. The molecule has 6 N–H and O–H groups in total. The maximum absolute atomic E-state index is 13.3. The third kappa shape index (κ3) is 9.26. The van der Waals surface area contributed by atoms with Gasteiger partial charge in [-0.2, -0.15) is 0 Å². The van der Waals surface area contributed by atoms with Crippen molar-refractivity contribution in [2.45, 2.75) is 91.4 Å². The highest BCUT2D eigenvalue weighted by Crippen LogP contribution is 2.14. The van der Waals surface area contributed by atoms with Crippen molar-refractivity contribution < 1.29 is 24.3 Å². The molecule has 0 saturated carbocycles. The number of hydrogen-bond acceptors (Lipinski definition) is 5. The Labute approximate surface area is 215 Å². The first-order chi connectivity index (χ1) is 17.0. The molecule has 1 rings (SSSR count). The molecule has 0 bridgehead atoms. The van der Waals surface area contributed by atoms with Crippen LogP contribution in [0.2, 0.25) is 0 Å². The summed E-state index contributed by atoms with van der Waals surface area (Å²) < 4.78 is 0. The van der Waals surface area contributed by atoms with Crippen molar-refractivity contribution in [3.63, 3.8) is 0 Å². The van der Waals surface area contributed by atoms with E-state index in [1.165, 1.54) is 0 Å². The van der Waals surface area contributed by atoms with Gasteiger partial charge in [0.15, 0.2) is 0 Å². The molecule has 9 nitrogen and oxygen atoms in total. The molecule has 0 fully saturated rings. The van der Waals surface area contributed by atoms with Crippen LogP contribution in [0.1, 0.15) is 66.4 Å². The molecule has 0 radical (unpaired) electrons. The fraction of sp³-hybridized carbons (Fsp3) is 0.630. The van der Waals surface area contributed by atoms with E-state index in [1.54, 1.807) is 6.92 Å². The molecule has 1 aromatic rings. The molecule has 0 aliphatic heterocycles. The Morgan fingerprint density at radius 1 is 0.722 bits per heavy atom. The minimum Gasteiger partial charge on any atom is -0.480 e. The zero-order valence-corrected chi connectivity index (χ0v) is 22.4. The number of hydrogen-bond donors (Lipinski definition) is 5. The molecule has 202 valence electrons. The van der Waals surface area contributed by atoms with E-state index in [9.17, 15) is 24.3 Å². The Morgan fingerprint density at radius 3 is 1.53 bits per heavy atom. The molecule has 0 heterocycles. The van der Waals surface area contributed by atoms with Gasteiger partial charge in [-0.1, -0.05) is 91.1 Å². The monoisotopic (exact) mass is 504 g/mol. The Balaban J connectivity index is 3.03. The van der Waals surface area contributed by atoms with E-state index in [2.05, 4.69) is 16.0 Å². The second kappa shape index (κ2) is 15.2. The van der Waals surface area contributed by atoms with Crippen LogP contribution >= 0.6 is 0 Å². The van der Waals surface area contributed by atoms with E-state index in [1.807, 2.05) is 65.0 Å². The minimum atomic E-state index is -1.12. The number of nitrogens with one attached hydrogen (secondary N) is 3. The smallest absolute Gasteiger partial charge is 0.326 e. The zero-order valence-electron chi connectivity index (χ0n) is 22.4. The van der Waals surface area contributed by atoms with Crippen molar-refractivity contribution in [1.82, 2.24) is 16.0 Å². The molecule has 0 aliphatic rings. The summed E-state index contributed by atoms with van der Waals surface area (Å²) in [5.74, 6) is -3.38. The van der Waals surface area contributed by atoms with E-state index in [0.717, 1.165) is 5.56 Å². The van der Waals surface area contributed by atoms with Gasteiger partial charge >= 0.3 is 5.97 Å². The molecule has 0 spiro atoms. The first-order valence-corrected chi connectivity index (χ1v) is 12.9. The van der Waals surface area contributed by atoms with Gasteiger partial charge in [0.1, 0.15) is 18.1 Å². The van der Waals surface area contributed by atoms with Gasteiger partial charge in [-0.25, -0.2) is 4.79 Å². The number of benzene rings is 1. The van der Waals surface area contributed by atoms with Gasteiger partial charge in [0.05, 0.1) is 6.04 Å². The predicted octanol–water partition coefficient (Wildman–Crippen LogP) is 2.23. The van der Waals surface area contributed by atoms with Crippen LogP contribution in [0.25, 0.3) is 0 Å². The van der Waals surface area contributed by atoms with E-state index < -0.39 is 47.9 Å². The lowest BCUT2D eigenvalue weighted by Gasteiger charge is -2.30. The highest BCUT2D eigenvalue weighted by Gasteiger charge is 2.35. The number of carboxylic acid groups (broad SMARTS) is 1. The fourth-order valence-corrected chi connectivity index (χ4v) is 3.79. The van der Waals surface area contributed by atoms with E-state index in [0.29, 0.717) is 25.7 Å². The molecule has 9 heteroatoms. The molecule has 0 saturated heterocycles. The number of carbonyl (C=O) groups is 4. The summed E-state index contributed by atoms with van der Waals surface area (Å²) in [6.07, 6.45) is 2.10. The van der Waals surface area contributed by atoms with Crippen LogP contribution in [-0.4, -0.2) is 53.0 Å². The normalized spacial score (nSPS) is 17.0. The van der Waals surface area contributed by atoms with Gasteiger partial charge in [0.25, 0.3) is 0 Å². The molecular formula is C27H44N4O5. The highest BCUT2D eigenvalue weighted by molar-refractivity contribution is 5.94. The maximum Gasteiger partial charge on any atom is 0.326 e. The summed E-state index contributed by atoms with van der Waals surface area (Å²) in [6, 6.07) is 5.62. The van der Waals surface area contributed by atoms with Crippen LogP contribution < -0.4 is 21.7 Å². The van der Waals surface area contributed by atoms with Crippen molar-refractivity contribution in [2.24, 2.45) is 23.5 Å². The third-order valence-electron chi connectivity index (χ3n) is 7.00. The first kappa shape index (κ1) is 31.1. The van der Waals surface area contributed by atoms with Crippen LogP contribution in [0.5, 0.6) is 0 Å². The van der Waals surface area contributed by atoms with Crippen LogP contribution in [0.15, 0.2) is 30.3 Å². The van der Waals surface area contributed by atoms with Crippen molar-refractivity contribution >= 4 is 23.7 Å². The molecule has 36 heavy (non-hydrogen) atoms. The summed E-state index contributed by atoms with van der Waals surface area (Å²) >= 11 is 0. The molecular weight excluding hydrogens is 460 g/mol. The largest absolute Gasteiger partial charge is 0.480 e. The lowest BCUT2D eigenvalue weighted by Crippen LogP contribution is -2.60. The zero-order chi connectivity index (χ0) is 27.4.